The number of nitrogens with zero attached hydrogens (tertiary/aromatic N) is 1. The fourth-order valence-corrected chi connectivity index (χ4v) is 2.53. The summed E-state index contributed by atoms with van der Waals surface area (Å²) in [4.78, 5) is 23.9. The molecule has 2 aromatic rings. The van der Waals surface area contributed by atoms with Crippen molar-refractivity contribution in [1.29, 1.82) is 0 Å². The molecule has 1 saturated carbocycles. The maximum absolute atomic E-state index is 12.3. The first-order valence-electron chi connectivity index (χ1n) is 7.53. The van der Waals surface area contributed by atoms with Crippen LogP contribution in [0, 0.1) is 13.8 Å². The Bertz CT molecular complexity index is 762. The molecule has 23 heavy (non-hydrogen) atoms. The van der Waals surface area contributed by atoms with E-state index in [1.807, 2.05) is 19.9 Å². The average molecular weight is 314 g/mol. The van der Waals surface area contributed by atoms with E-state index in [1.54, 1.807) is 18.2 Å². The second-order valence-corrected chi connectivity index (χ2v) is 5.92. The Balaban J connectivity index is 1.82. The number of carbonyl (C=O) groups is 2. The monoisotopic (exact) mass is 314 g/mol. The molecule has 0 spiro atoms. The molecule has 2 N–H and O–H groups in total. The van der Waals surface area contributed by atoms with E-state index in [9.17, 15) is 14.7 Å². The van der Waals surface area contributed by atoms with Gasteiger partial charge in [0.25, 0.3) is 5.91 Å². The molecule has 0 radical (unpaired) electrons. The van der Waals surface area contributed by atoms with Crippen LogP contribution in [-0.4, -0.2) is 22.1 Å². The predicted molar refractivity (Wildman–Crippen MR) is 82.2 cm³/mol. The highest BCUT2D eigenvalue weighted by molar-refractivity contribution is 5.94. The number of carboxylic acids is 1. The Morgan fingerprint density at radius 2 is 2.09 bits per heavy atom. The molecule has 1 aliphatic rings. The topological polar surface area (TPSA) is 92.4 Å². The van der Waals surface area contributed by atoms with Gasteiger partial charge in [-0.2, -0.15) is 0 Å². The van der Waals surface area contributed by atoms with Gasteiger partial charge in [-0.05, 0) is 43.4 Å². The molecule has 3 rings (SSSR count). The largest absolute Gasteiger partial charge is 0.479 e. The number of aliphatic carboxylic acids is 1. The summed E-state index contributed by atoms with van der Waals surface area (Å²) in [6.07, 6.45) is 2.10. The summed E-state index contributed by atoms with van der Waals surface area (Å²) in [6.45, 7) is 3.74. The van der Waals surface area contributed by atoms with Crippen molar-refractivity contribution in [1.82, 2.24) is 10.5 Å². The van der Waals surface area contributed by atoms with Gasteiger partial charge in [0.15, 0.2) is 6.04 Å². The Hall–Kier alpha value is -2.63. The number of amides is 1. The summed E-state index contributed by atoms with van der Waals surface area (Å²) in [6, 6.07) is 5.85. The standard InChI is InChI=1S/C17H18N2O4/c1-9-4-3-5-12(10(9)2)15(17(21)22)18-16(20)14-8-13(19-23-14)11-6-7-11/h3-5,8,11,15H,6-7H2,1-2H3,(H,18,20)(H,21,22). The summed E-state index contributed by atoms with van der Waals surface area (Å²) in [5.41, 5.74) is 3.14. The number of aryl methyl sites for hydroxylation is 1. The highest BCUT2D eigenvalue weighted by Gasteiger charge is 2.30. The van der Waals surface area contributed by atoms with Gasteiger partial charge >= 0.3 is 5.97 Å². The highest BCUT2D eigenvalue weighted by atomic mass is 16.5. The van der Waals surface area contributed by atoms with Crippen LogP contribution in [0.1, 0.15) is 57.7 Å². The van der Waals surface area contributed by atoms with Gasteiger partial charge in [-0.1, -0.05) is 23.4 Å². The minimum Gasteiger partial charge on any atom is -0.479 e. The van der Waals surface area contributed by atoms with Crippen molar-refractivity contribution in [3.05, 3.63) is 52.4 Å². The zero-order chi connectivity index (χ0) is 16.6. The molecular weight excluding hydrogens is 296 g/mol. The van der Waals surface area contributed by atoms with Gasteiger partial charge in [0.2, 0.25) is 5.76 Å². The first kappa shape index (κ1) is 15.3. The molecule has 0 aliphatic heterocycles. The maximum atomic E-state index is 12.3. The predicted octanol–water partition coefficient (Wildman–Crippen LogP) is 2.72. The second-order valence-electron chi connectivity index (χ2n) is 5.92. The van der Waals surface area contributed by atoms with Crippen LogP contribution in [0.25, 0.3) is 0 Å². The van der Waals surface area contributed by atoms with E-state index < -0.39 is 17.9 Å². The lowest BCUT2D eigenvalue weighted by Crippen LogP contribution is -2.34. The summed E-state index contributed by atoms with van der Waals surface area (Å²) in [7, 11) is 0. The zero-order valence-electron chi connectivity index (χ0n) is 13.0. The van der Waals surface area contributed by atoms with Crippen LogP contribution < -0.4 is 5.32 Å². The van der Waals surface area contributed by atoms with E-state index in [4.69, 9.17) is 4.52 Å². The van der Waals surface area contributed by atoms with Crippen molar-refractivity contribution in [3.8, 4) is 0 Å². The smallest absolute Gasteiger partial charge is 0.330 e. The third-order valence-electron chi connectivity index (χ3n) is 4.23. The Morgan fingerprint density at radius 3 is 2.74 bits per heavy atom. The number of carboxylic acid groups (broad SMARTS) is 1. The lowest BCUT2D eigenvalue weighted by atomic mass is 9.97. The number of aromatic nitrogens is 1. The van der Waals surface area contributed by atoms with E-state index in [0.29, 0.717) is 11.5 Å². The number of carbonyl (C=O) groups excluding carboxylic acids is 1. The molecule has 0 saturated heterocycles. The molecule has 1 aromatic heterocycles. The minimum absolute atomic E-state index is 0.0449. The Kier molecular flexibility index (Phi) is 3.90. The van der Waals surface area contributed by atoms with Crippen molar-refractivity contribution in [2.24, 2.45) is 0 Å². The van der Waals surface area contributed by atoms with E-state index >= 15 is 0 Å². The van der Waals surface area contributed by atoms with Gasteiger partial charge in [-0.15, -0.1) is 0 Å². The first-order chi connectivity index (χ1) is 11.0. The average Bonchev–Trinajstić information content (AvgIpc) is 3.25. The number of rotatable bonds is 5. The van der Waals surface area contributed by atoms with Crippen molar-refractivity contribution in [2.75, 3.05) is 0 Å². The van der Waals surface area contributed by atoms with Crippen LogP contribution in [0.2, 0.25) is 0 Å². The minimum atomic E-state index is -1.13. The van der Waals surface area contributed by atoms with Crippen molar-refractivity contribution < 1.29 is 19.2 Å². The molecule has 120 valence electrons. The van der Waals surface area contributed by atoms with Crippen LogP contribution in [0.5, 0.6) is 0 Å². The van der Waals surface area contributed by atoms with E-state index in [2.05, 4.69) is 10.5 Å². The van der Waals surface area contributed by atoms with E-state index in [-0.39, 0.29) is 5.76 Å². The summed E-state index contributed by atoms with van der Waals surface area (Å²) in [5.74, 6) is -1.27. The summed E-state index contributed by atoms with van der Waals surface area (Å²) < 4.78 is 5.04. The molecule has 1 aliphatic carbocycles. The van der Waals surface area contributed by atoms with Crippen LogP contribution in [-0.2, 0) is 4.79 Å². The third kappa shape index (κ3) is 3.11. The van der Waals surface area contributed by atoms with Gasteiger partial charge < -0.3 is 14.9 Å². The van der Waals surface area contributed by atoms with E-state index in [0.717, 1.165) is 29.7 Å². The highest BCUT2D eigenvalue weighted by Crippen LogP contribution is 2.39. The number of hydrogen-bond acceptors (Lipinski definition) is 4. The molecule has 1 atom stereocenters. The summed E-state index contributed by atoms with van der Waals surface area (Å²) in [5, 5.41) is 15.9. The van der Waals surface area contributed by atoms with Gasteiger partial charge in [-0.25, -0.2) is 4.79 Å². The quantitative estimate of drug-likeness (QED) is 0.885. The van der Waals surface area contributed by atoms with Crippen molar-refractivity contribution >= 4 is 11.9 Å². The third-order valence-corrected chi connectivity index (χ3v) is 4.23. The molecule has 6 heteroatoms. The zero-order valence-corrected chi connectivity index (χ0v) is 13.0. The van der Waals surface area contributed by atoms with Crippen LogP contribution in [0.3, 0.4) is 0 Å². The first-order valence-corrected chi connectivity index (χ1v) is 7.53. The summed E-state index contributed by atoms with van der Waals surface area (Å²) >= 11 is 0. The van der Waals surface area contributed by atoms with Crippen LogP contribution >= 0.6 is 0 Å². The number of nitrogens with one attached hydrogen (secondary N) is 1. The number of hydrogen-bond donors (Lipinski definition) is 2. The molecule has 1 fully saturated rings. The second kappa shape index (κ2) is 5.87. The van der Waals surface area contributed by atoms with Crippen LogP contribution in [0.4, 0.5) is 0 Å². The number of benzene rings is 1. The van der Waals surface area contributed by atoms with Crippen molar-refractivity contribution in [2.45, 2.75) is 38.6 Å². The molecule has 0 bridgehead atoms. The lowest BCUT2D eigenvalue weighted by molar-refractivity contribution is -0.139. The normalized spacial score (nSPS) is 15.2. The fourth-order valence-electron chi connectivity index (χ4n) is 2.53. The van der Waals surface area contributed by atoms with E-state index in [1.165, 1.54) is 0 Å². The van der Waals surface area contributed by atoms with Crippen LogP contribution in [0.15, 0.2) is 28.8 Å². The van der Waals surface area contributed by atoms with Gasteiger partial charge in [0, 0.05) is 12.0 Å². The fraction of sp³-hybridized carbons (Fsp3) is 0.353. The SMILES string of the molecule is Cc1cccc(C(NC(=O)c2cc(C3CC3)no2)C(=O)O)c1C. The molecule has 1 unspecified atom stereocenters. The molecule has 1 aromatic carbocycles. The molecule has 6 nitrogen and oxygen atoms in total. The molecular formula is C17H18N2O4. The Labute approximate surface area is 133 Å². The molecule has 1 amide bonds. The molecule has 1 heterocycles. The van der Waals surface area contributed by atoms with Crippen molar-refractivity contribution in [3.63, 3.8) is 0 Å². The van der Waals surface area contributed by atoms with Gasteiger partial charge in [0.1, 0.15) is 0 Å². The van der Waals surface area contributed by atoms with Gasteiger partial charge in [-0.3, -0.25) is 4.79 Å². The van der Waals surface area contributed by atoms with Gasteiger partial charge in [0.05, 0.1) is 5.69 Å². The Morgan fingerprint density at radius 1 is 1.35 bits per heavy atom. The maximum Gasteiger partial charge on any atom is 0.330 e. The lowest BCUT2D eigenvalue weighted by Gasteiger charge is -2.17.